The normalized spacial score (nSPS) is 19.5. The van der Waals surface area contributed by atoms with E-state index in [1.165, 1.54) is 31.3 Å². The molecule has 0 aromatic rings. The third kappa shape index (κ3) is 2.86. The van der Waals surface area contributed by atoms with E-state index in [1.54, 1.807) is 0 Å². The summed E-state index contributed by atoms with van der Waals surface area (Å²) in [6.45, 7) is 4.31. The SMILES string of the molecule is CC(C)=CCCC1(CCl)CC1. The molecule has 1 aliphatic carbocycles. The van der Waals surface area contributed by atoms with Gasteiger partial charge in [0, 0.05) is 5.88 Å². The molecule has 1 aliphatic rings. The molecule has 0 N–H and O–H groups in total. The molecule has 0 bridgehead atoms. The molecule has 0 heterocycles. The van der Waals surface area contributed by atoms with Gasteiger partial charge in [0.2, 0.25) is 0 Å². The predicted molar refractivity (Wildman–Crippen MR) is 51.1 cm³/mol. The van der Waals surface area contributed by atoms with E-state index in [1.807, 2.05) is 0 Å². The average Bonchev–Trinajstić information content (AvgIpc) is 2.69. The lowest BCUT2D eigenvalue weighted by Crippen LogP contribution is -2.00. The first-order chi connectivity index (χ1) is 5.18. The summed E-state index contributed by atoms with van der Waals surface area (Å²) in [5.41, 5.74) is 1.98. The summed E-state index contributed by atoms with van der Waals surface area (Å²) >= 11 is 5.85. The molecule has 0 unspecified atom stereocenters. The molecule has 0 saturated heterocycles. The number of allylic oxidation sites excluding steroid dienone is 2. The largest absolute Gasteiger partial charge is 0.126 e. The van der Waals surface area contributed by atoms with Crippen LogP contribution >= 0.6 is 11.6 Å². The van der Waals surface area contributed by atoms with Crippen molar-refractivity contribution >= 4 is 11.6 Å². The van der Waals surface area contributed by atoms with Gasteiger partial charge in [-0.05, 0) is 44.9 Å². The second kappa shape index (κ2) is 3.62. The van der Waals surface area contributed by atoms with Gasteiger partial charge in [-0.15, -0.1) is 11.6 Å². The van der Waals surface area contributed by atoms with Gasteiger partial charge >= 0.3 is 0 Å². The van der Waals surface area contributed by atoms with Crippen LogP contribution in [-0.4, -0.2) is 5.88 Å². The van der Waals surface area contributed by atoms with Gasteiger partial charge < -0.3 is 0 Å². The third-order valence-electron chi connectivity index (χ3n) is 2.47. The van der Waals surface area contributed by atoms with Crippen LogP contribution in [0.25, 0.3) is 0 Å². The molecule has 0 aromatic heterocycles. The Bertz CT molecular complexity index is 150. The highest BCUT2D eigenvalue weighted by Crippen LogP contribution is 2.50. The summed E-state index contributed by atoms with van der Waals surface area (Å²) < 4.78 is 0. The van der Waals surface area contributed by atoms with Gasteiger partial charge in [0.1, 0.15) is 0 Å². The monoisotopic (exact) mass is 172 g/mol. The Balaban J connectivity index is 2.17. The first kappa shape index (κ1) is 9.12. The second-order valence-corrected chi connectivity index (χ2v) is 4.22. The third-order valence-corrected chi connectivity index (χ3v) is 3.03. The fraction of sp³-hybridized carbons (Fsp3) is 0.800. The molecule has 0 radical (unpaired) electrons. The molecule has 1 rings (SSSR count). The molecular formula is C10H17Cl. The van der Waals surface area contributed by atoms with Crippen molar-refractivity contribution in [2.45, 2.75) is 39.5 Å². The van der Waals surface area contributed by atoms with Crippen molar-refractivity contribution in [3.8, 4) is 0 Å². The lowest BCUT2D eigenvalue weighted by molar-refractivity contribution is 0.530. The van der Waals surface area contributed by atoms with E-state index in [-0.39, 0.29) is 0 Å². The Morgan fingerprint density at radius 2 is 2.09 bits per heavy atom. The lowest BCUT2D eigenvalue weighted by Gasteiger charge is -2.07. The van der Waals surface area contributed by atoms with Crippen LogP contribution in [0.15, 0.2) is 11.6 Å². The van der Waals surface area contributed by atoms with Crippen LogP contribution in [0.2, 0.25) is 0 Å². The van der Waals surface area contributed by atoms with Gasteiger partial charge in [-0.2, -0.15) is 0 Å². The van der Waals surface area contributed by atoms with Gasteiger partial charge in [0.05, 0.1) is 0 Å². The Morgan fingerprint density at radius 3 is 2.45 bits per heavy atom. The molecule has 0 aliphatic heterocycles. The molecule has 1 fully saturated rings. The van der Waals surface area contributed by atoms with E-state index in [2.05, 4.69) is 19.9 Å². The highest BCUT2D eigenvalue weighted by atomic mass is 35.5. The van der Waals surface area contributed by atoms with E-state index in [4.69, 9.17) is 11.6 Å². The van der Waals surface area contributed by atoms with E-state index in [9.17, 15) is 0 Å². The maximum absolute atomic E-state index is 5.85. The molecule has 0 nitrogen and oxygen atoms in total. The first-order valence-corrected chi connectivity index (χ1v) is 4.91. The van der Waals surface area contributed by atoms with Crippen LogP contribution in [-0.2, 0) is 0 Å². The predicted octanol–water partition coefficient (Wildman–Crippen LogP) is 3.75. The van der Waals surface area contributed by atoms with Crippen molar-refractivity contribution in [1.82, 2.24) is 0 Å². The Labute approximate surface area is 74.6 Å². The van der Waals surface area contributed by atoms with E-state index in [0.29, 0.717) is 5.41 Å². The van der Waals surface area contributed by atoms with Crippen LogP contribution in [0.4, 0.5) is 0 Å². The van der Waals surface area contributed by atoms with Crippen molar-refractivity contribution in [1.29, 1.82) is 0 Å². The van der Waals surface area contributed by atoms with Crippen LogP contribution < -0.4 is 0 Å². The van der Waals surface area contributed by atoms with E-state index < -0.39 is 0 Å². The molecule has 1 heteroatoms. The molecule has 0 spiro atoms. The maximum atomic E-state index is 5.85. The molecule has 11 heavy (non-hydrogen) atoms. The number of alkyl halides is 1. The molecular weight excluding hydrogens is 156 g/mol. The summed E-state index contributed by atoms with van der Waals surface area (Å²) in [6, 6.07) is 0. The van der Waals surface area contributed by atoms with Crippen molar-refractivity contribution < 1.29 is 0 Å². The molecule has 64 valence electrons. The van der Waals surface area contributed by atoms with Gasteiger partial charge in [-0.3, -0.25) is 0 Å². The van der Waals surface area contributed by atoms with Crippen LogP contribution in [0.5, 0.6) is 0 Å². The Kier molecular flexibility index (Phi) is 3.00. The van der Waals surface area contributed by atoms with Crippen molar-refractivity contribution in [2.75, 3.05) is 5.88 Å². The zero-order chi connectivity index (χ0) is 8.32. The number of hydrogen-bond donors (Lipinski definition) is 0. The zero-order valence-corrected chi connectivity index (χ0v) is 8.25. The topological polar surface area (TPSA) is 0 Å². The summed E-state index contributed by atoms with van der Waals surface area (Å²) in [7, 11) is 0. The van der Waals surface area contributed by atoms with Crippen molar-refractivity contribution in [2.24, 2.45) is 5.41 Å². The second-order valence-electron chi connectivity index (χ2n) is 3.95. The molecule has 0 amide bonds. The summed E-state index contributed by atoms with van der Waals surface area (Å²) in [4.78, 5) is 0. The Hall–Kier alpha value is 0.0300. The quantitative estimate of drug-likeness (QED) is 0.448. The summed E-state index contributed by atoms with van der Waals surface area (Å²) in [5, 5.41) is 0. The molecule has 0 aromatic carbocycles. The zero-order valence-electron chi connectivity index (χ0n) is 7.49. The van der Waals surface area contributed by atoms with Gasteiger partial charge in [0.15, 0.2) is 0 Å². The maximum Gasteiger partial charge on any atom is 0.0280 e. The molecule has 0 atom stereocenters. The fourth-order valence-corrected chi connectivity index (χ4v) is 1.70. The van der Waals surface area contributed by atoms with Crippen molar-refractivity contribution in [3.63, 3.8) is 0 Å². The summed E-state index contributed by atoms with van der Waals surface area (Å²) in [5.74, 6) is 0.865. The van der Waals surface area contributed by atoms with Crippen LogP contribution in [0.3, 0.4) is 0 Å². The standard InChI is InChI=1S/C10H17Cl/c1-9(2)4-3-5-10(8-11)6-7-10/h4H,3,5-8H2,1-2H3. The van der Waals surface area contributed by atoms with Crippen LogP contribution in [0.1, 0.15) is 39.5 Å². The lowest BCUT2D eigenvalue weighted by atomic mass is 10.0. The number of hydrogen-bond acceptors (Lipinski definition) is 0. The number of rotatable bonds is 4. The van der Waals surface area contributed by atoms with Crippen LogP contribution in [0, 0.1) is 5.41 Å². The first-order valence-electron chi connectivity index (χ1n) is 4.38. The minimum absolute atomic E-state index is 0.549. The Morgan fingerprint density at radius 1 is 1.45 bits per heavy atom. The summed E-state index contributed by atoms with van der Waals surface area (Å²) in [6.07, 6.45) is 7.53. The minimum Gasteiger partial charge on any atom is -0.126 e. The molecule has 1 saturated carbocycles. The van der Waals surface area contributed by atoms with E-state index >= 15 is 0 Å². The minimum atomic E-state index is 0.549. The van der Waals surface area contributed by atoms with Gasteiger partial charge in [0.25, 0.3) is 0 Å². The number of halogens is 1. The fourth-order valence-electron chi connectivity index (χ4n) is 1.29. The van der Waals surface area contributed by atoms with Crippen molar-refractivity contribution in [3.05, 3.63) is 11.6 Å². The van der Waals surface area contributed by atoms with Gasteiger partial charge in [-0.1, -0.05) is 11.6 Å². The van der Waals surface area contributed by atoms with Gasteiger partial charge in [-0.25, -0.2) is 0 Å². The highest BCUT2D eigenvalue weighted by Gasteiger charge is 2.40. The van der Waals surface area contributed by atoms with E-state index in [0.717, 1.165) is 5.88 Å². The highest BCUT2D eigenvalue weighted by molar-refractivity contribution is 6.18. The smallest absolute Gasteiger partial charge is 0.0280 e. The average molecular weight is 173 g/mol.